The van der Waals surface area contributed by atoms with Gasteiger partial charge in [-0.25, -0.2) is 9.78 Å². The van der Waals surface area contributed by atoms with Crippen LogP contribution < -0.4 is 4.90 Å². The smallest absolute Gasteiger partial charge is 0.341 e. The summed E-state index contributed by atoms with van der Waals surface area (Å²) in [5.74, 6) is 0.174. The van der Waals surface area contributed by atoms with E-state index < -0.39 is 5.97 Å². The summed E-state index contributed by atoms with van der Waals surface area (Å²) in [4.78, 5) is 37.8. The number of esters is 1. The second-order valence-corrected chi connectivity index (χ2v) is 8.04. The number of nitrogens with one attached hydrogen (secondary N) is 1. The standard InChI is InChI=1S/C25H26N4O4/c1-2-33-25(31)20-16-29(10-9-19-18-5-3-4-6-21(18)27-23(19)20)24(30)17-7-8-22(26-15-17)28-11-13-32-14-12-28/h3-8,15-16,27H,2,9-14H2,1H3. The average Bonchev–Trinajstić information content (AvgIpc) is 3.12. The van der Waals surface area contributed by atoms with Crippen LogP contribution in [-0.2, 0) is 20.7 Å². The molecule has 170 valence electrons. The third kappa shape index (κ3) is 4.09. The van der Waals surface area contributed by atoms with Gasteiger partial charge in [0.25, 0.3) is 5.91 Å². The molecule has 2 aromatic heterocycles. The van der Waals surface area contributed by atoms with Gasteiger partial charge in [-0.3, -0.25) is 4.79 Å². The highest BCUT2D eigenvalue weighted by molar-refractivity contribution is 6.18. The summed E-state index contributed by atoms with van der Waals surface area (Å²) >= 11 is 0. The molecule has 0 atom stereocenters. The fraction of sp³-hybridized carbons (Fsp3) is 0.320. The Hall–Kier alpha value is -3.65. The summed E-state index contributed by atoms with van der Waals surface area (Å²) in [5, 5.41) is 1.05. The lowest BCUT2D eigenvalue weighted by molar-refractivity contribution is -0.136. The molecule has 5 rings (SSSR count). The Labute approximate surface area is 191 Å². The minimum atomic E-state index is -0.453. The van der Waals surface area contributed by atoms with Crippen LogP contribution >= 0.6 is 0 Å². The Morgan fingerprint density at radius 2 is 1.94 bits per heavy atom. The molecule has 8 heteroatoms. The van der Waals surface area contributed by atoms with Crippen molar-refractivity contribution in [2.75, 3.05) is 44.4 Å². The first-order valence-electron chi connectivity index (χ1n) is 11.2. The van der Waals surface area contributed by atoms with E-state index in [1.165, 1.54) is 0 Å². The number of pyridine rings is 1. The van der Waals surface area contributed by atoms with Gasteiger partial charge < -0.3 is 24.3 Å². The van der Waals surface area contributed by atoms with E-state index in [0.29, 0.717) is 43.0 Å². The maximum absolute atomic E-state index is 13.3. The second kappa shape index (κ2) is 9.07. The highest BCUT2D eigenvalue weighted by atomic mass is 16.5. The van der Waals surface area contributed by atoms with E-state index in [1.54, 1.807) is 30.3 Å². The van der Waals surface area contributed by atoms with E-state index in [0.717, 1.165) is 35.4 Å². The first-order valence-corrected chi connectivity index (χ1v) is 11.2. The van der Waals surface area contributed by atoms with Crippen molar-refractivity contribution in [2.45, 2.75) is 13.3 Å². The number of fused-ring (bicyclic) bond motifs is 3. The first-order chi connectivity index (χ1) is 16.2. The van der Waals surface area contributed by atoms with Crippen LogP contribution in [0.25, 0.3) is 16.5 Å². The molecule has 2 aliphatic heterocycles. The van der Waals surface area contributed by atoms with E-state index in [1.807, 2.05) is 30.3 Å². The van der Waals surface area contributed by atoms with Gasteiger partial charge in [-0.05, 0) is 37.1 Å². The molecular weight excluding hydrogens is 420 g/mol. The molecule has 1 amide bonds. The molecule has 4 heterocycles. The summed E-state index contributed by atoms with van der Waals surface area (Å²) in [7, 11) is 0. The largest absolute Gasteiger partial charge is 0.462 e. The highest BCUT2D eigenvalue weighted by Gasteiger charge is 2.28. The average molecular weight is 447 g/mol. The molecule has 0 aliphatic carbocycles. The van der Waals surface area contributed by atoms with Crippen LogP contribution in [0, 0.1) is 0 Å². The Morgan fingerprint density at radius 3 is 2.70 bits per heavy atom. The number of carbonyl (C=O) groups excluding carboxylic acids is 2. The zero-order valence-electron chi connectivity index (χ0n) is 18.5. The van der Waals surface area contributed by atoms with Crippen LogP contribution in [0.1, 0.15) is 28.5 Å². The predicted molar refractivity (Wildman–Crippen MR) is 125 cm³/mol. The molecule has 1 fully saturated rings. The van der Waals surface area contributed by atoms with Crippen LogP contribution in [0.5, 0.6) is 0 Å². The van der Waals surface area contributed by atoms with Gasteiger partial charge in [-0.1, -0.05) is 18.2 Å². The molecule has 8 nitrogen and oxygen atoms in total. The Kier molecular flexibility index (Phi) is 5.83. The van der Waals surface area contributed by atoms with E-state index in [4.69, 9.17) is 9.47 Å². The lowest BCUT2D eigenvalue weighted by Gasteiger charge is -2.27. The van der Waals surface area contributed by atoms with Crippen molar-refractivity contribution in [3.63, 3.8) is 0 Å². The van der Waals surface area contributed by atoms with Crippen LogP contribution in [0.3, 0.4) is 0 Å². The number of hydrogen-bond acceptors (Lipinski definition) is 6. The predicted octanol–water partition coefficient (Wildman–Crippen LogP) is 3.00. The summed E-state index contributed by atoms with van der Waals surface area (Å²) in [6, 6.07) is 11.6. The minimum absolute atomic E-state index is 0.202. The Bertz CT molecular complexity index is 1210. The molecule has 0 spiro atoms. The van der Waals surface area contributed by atoms with Gasteiger partial charge in [0.2, 0.25) is 0 Å². The zero-order chi connectivity index (χ0) is 22.8. The number of benzene rings is 1. The quantitative estimate of drug-likeness (QED) is 0.620. The van der Waals surface area contributed by atoms with Crippen molar-refractivity contribution >= 4 is 34.2 Å². The van der Waals surface area contributed by atoms with Gasteiger partial charge in [0, 0.05) is 42.9 Å². The maximum atomic E-state index is 13.3. The topological polar surface area (TPSA) is 87.8 Å². The summed E-state index contributed by atoms with van der Waals surface area (Å²) in [6.45, 7) is 5.38. The first kappa shape index (κ1) is 21.2. The number of anilines is 1. The number of para-hydroxylation sites is 1. The molecule has 1 aromatic carbocycles. The van der Waals surface area contributed by atoms with Crippen molar-refractivity contribution in [2.24, 2.45) is 0 Å². The SMILES string of the molecule is CCOC(=O)C1=CN(C(=O)c2ccc(N3CCOCC3)nc2)CCc2c1[nH]c1ccccc21. The lowest BCUT2D eigenvalue weighted by atomic mass is 10.0. The van der Waals surface area contributed by atoms with Gasteiger partial charge in [-0.2, -0.15) is 0 Å². The Morgan fingerprint density at radius 1 is 1.12 bits per heavy atom. The number of rotatable bonds is 4. The maximum Gasteiger partial charge on any atom is 0.341 e. The fourth-order valence-corrected chi connectivity index (χ4v) is 4.39. The molecular formula is C25H26N4O4. The zero-order valence-corrected chi connectivity index (χ0v) is 18.5. The van der Waals surface area contributed by atoms with E-state index in [-0.39, 0.29) is 12.5 Å². The number of hydrogen-bond donors (Lipinski definition) is 1. The summed E-state index contributed by atoms with van der Waals surface area (Å²) in [5.41, 5.74) is 3.51. The van der Waals surface area contributed by atoms with Crippen molar-refractivity contribution < 1.29 is 19.1 Å². The third-order valence-electron chi connectivity index (χ3n) is 6.06. The van der Waals surface area contributed by atoms with Crippen molar-refractivity contribution in [1.82, 2.24) is 14.9 Å². The van der Waals surface area contributed by atoms with Gasteiger partial charge >= 0.3 is 5.97 Å². The van der Waals surface area contributed by atoms with Crippen molar-refractivity contribution in [3.8, 4) is 0 Å². The fourth-order valence-electron chi connectivity index (χ4n) is 4.39. The Balaban J connectivity index is 1.45. The molecule has 0 saturated carbocycles. The summed E-state index contributed by atoms with van der Waals surface area (Å²) < 4.78 is 10.7. The van der Waals surface area contributed by atoms with E-state index in [2.05, 4.69) is 14.9 Å². The minimum Gasteiger partial charge on any atom is -0.462 e. The second-order valence-electron chi connectivity index (χ2n) is 8.04. The molecule has 2 aliphatic rings. The van der Waals surface area contributed by atoms with Crippen molar-refractivity contribution in [1.29, 1.82) is 0 Å². The van der Waals surface area contributed by atoms with Crippen LogP contribution in [0.2, 0.25) is 0 Å². The number of H-pyrrole nitrogens is 1. The molecule has 33 heavy (non-hydrogen) atoms. The van der Waals surface area contributed by atoms with Crippen LogP contribution in [0.4, 0.5) is 5.82 Å². The van der Waals surface area contributed by atoms with Gasteiger partial charge in [0.1, 0.15) is 5.82 Å². The van der Waals surface area contributed by atoms with Gasteiger partial charge in [0.05, 0.1) is 36.7 Å². The van der Waals surface area contributed by atoms with Gasteiger partial charge in [0.15, 0.2) is 0 Å². The van der Waals surface area contributed by atoms with E-state index in [9.17, 15) is 9.59 Å². The molecule has 0 radical (unpaired) electrons. The third-order valence-corrected chi connectivity index (χ3v) is 6.06. The highest BCUT2D eigenvalue weighted by Crippen LogP contribution is 2.31. The van der Waals surface area contributed by atoms with Crippen LogP contribution in [-0.4, -0.2) is 66.2 Å². The number of morpholine rings is 1. The van der Waals surface area contributed by atoms with Crippen LogP contribution in [0.15, 0.2) is 48.8 Å². The number of nitrogens with zero attached hydrogens (tertiary/aromatic N) is 3. The van der Waals surface area contributed by atoms with Gasteiger partial charge in [-0.15, -0.1) is 0 Å². The lowest BCUT2D eigenvalue weighted by Crippen LogP contribution is -2.36. The molecule has 1 saturated heterocycles. The van der Waals surface area contributed by atoms with E-state index >= 15 is 0 Å². The van der Waals surface area contributed by atoms with Crippen molar-refractivity contribution in [3.05, 3.63) is 65.6 Å². The molecule has 0 unspecified atom stereocenters. The normalized spacial score (nSPS) is 16.2. The molecule has 3 aromatic rings. The molecule has 0 bridgehead atoms. The number of ether oxygens (including phenoxy) is 2. The molecule has 1 N–H and O–H groups in total. The monoisotopic (exact) mass is 446 g/mol. The number of carbonyl (C=O) groups is 2. The summed E-state index contributed by atoms with van der Waals surface area (Å²) in [6.07, 6.45) is 3.83. The number of aromatic nitrogens is 2. The number of amides is 1. The number of aromatic amines is 1.